The van der Waals surface area contributed by atoms with Crippen LogP contribution in [0.1, 0.15) is 17.2 Å². The molecule has 4 rings (SSSR count). The zero-order valence-electron chi connectivity index (χ0n) is 13.1. The van der Waals surface area contributed by atoms with E-state index in [-0.39, 0.29) is 12.4 Å². The van der Waals surface area contributed by atoms with Crippen LogP contribution in [0.3, 0.4) is 0 Å². The maximum atomic E-state index is 6.36. The first kappa shape index (κ1) is 17.2. The SMILES string of the molecule is Cl.Clc1oc2ccccc2c1CN1CCNCC1c1cccnc1. The van der Waals surface area contributed by atoms with Gasteiger partial charge < -0.3 is 9.73 Å². The second-order valence-electron chi connectivity index (χ2n) is 5.83. The lowest BCUT2D eigenvalue weighted by Gasteiger charge is -2.36. The van der Waals surface area contributed by atoms with Gasteiger partial charge in [-0.2, -0.15) is 0 Å². The molecule has 1 unspecified atom stereocenters. The maximum Gasteiger partial charge on any atom is 0.199 e. The van der Waals surface area contributed by atoms with Crippen LogP contribution in [0.25, 0.3) is 11.0 Å². The molecule has 1 aromatic carbocycles. The van der Waals surface area contributed by atoms with E-state index in [4.69, 9.17) is 16.0 Å². The molecular formula is C18H19Cl2N3O. The molecule has 1 saturated heterocycles. The van der Waals surface area contributed by atoms with Gasteiger partial charge in [-0.3, -0.25) is 9.88 Å². The minimum Gasteiger partial charge on any atom is -0.444 e. The van der Waals surface area contributed by atoms with Crippen molar-refractivity contribution in [2.75, 3.05) is 19.6 Å². The summed E-state index contributed by atoms with van der Waals surface area (Å²) in [6, 6.07) is 12.4. The summed E-state index contributed by atoms with van der Waals surface area (Å²) in [6.45, 7) is 3.63. The molecule has 0 bridgehead atoms. The Morgan fingerprint density at radius 3 is 2.96 bits per heavy atom. The van der Waals surface area contributed by atoms with Crippen molar-refractivity contribution in [3.05, 3.63) is 65.1 Å². The van der Waals surface area contributed by atoms with Gasteiger partial charge in [0.05, 0.1) is 0 Å². The van der Waals surface area contributed by atoms with E-state index in [1.807, 2.05) is 36.7 Å². The lowest BCUT2D eigenvalue weighted by Crippen LogP contribution is -2.45. The highest BCUT2D eigenvalue weighted by atomic mass is 35.5. The van der Waals surface area contributed by atoms with E-state index >= 15 is 0 Å². The minimum absolute atomic E-state index is 0. The molecule has 0 aliphatic carbocycles. The molecule has 4 nitrogen and oxygen atoms in total. The Morgan fingerprint density at radius 1 is 1.25 bits per heavy atom. The van der Waals surface area contributed by atoms with Crippen molar-refractivity contribution in [1.82, 2.24) is 15.2 Å². The Kier molecular flexibility index (Phi) is 5.41. The highest BCUT2D eigenvalue weighted by Crippen LogP contribution is 2.33. The molecule has 3 heterocycles. The van der Waals surface area contributed by atoms with Crippen molar-refractivity contribution in [1.29, 1.82) is 0 Å². The van der Waals surface area contributed by atoms with Gasteiger partial charge in [-0.05, 0) is 29.3 Å². The predicted octanol–water partition coefficient (Wildman–Crippen LogP) is 4.05. The Hall–Kier alpha value is -1.59. The number of piperazine rings is 1. The van der Waals surface area contributed by atoms with Gasteiger partial charge >= 0.3 is 0 Å². The number of halogens is 2. The van der Waals surface area contributed by atoms with E-state index in [1.165, 1.54) is 5.56 Å². The fourth-order valence-electron chi connectivity index (χ4n) is 3.26. The van der Waals surface area contributed by atoms with E-state index in [1.54, 1.807) is 0 Å². The van der Waals surface area contributed by atoms with Crippen LogP contribution in [0.4, 0.5) is 0 Å². The largest absolute Gasteiger partial charge is 0.444 e. The minimum atomic E-state index is 0. The van der Waals surface area contributed by atoms with Gasteiger partial charge in [-0.15, -0.1) is 12.4 Å². The summed E-state index contributed by atoms with van der Waals surface area (Å²) >= 11 is 6.36. The zero-order chi connectivity index (χ0) is 15.6. The van der Waals surface area contributed by atoms with Gasteiger partial charge in [0.1, 0.15) is 5.58 Å². The normalized spacial score (nSPS) is 18.5. The number of para-hydroxylation sites is 1. The number of furan rings is 1. The highest BCUT2D eigenvalue weighted by molar-refractivity contribution is 6.30. The summed E-state index contributed by atoms with van der Waals surface area (Å²) in [5, 5.41) is 5.06. The van der Waals surface area contributed by atoms with Crippen molar-refractivity contribution >= 4 is 35.0 Å². The van der Waals surface area contributed by atoms with Crippen LogP contribution in [0, 0.1) is 0 Å². The van der Waals surface area contributed by atoms with Crippen LogP contribution >= 0.6 is 24.0 Å². The second kappa shape index (κ2) is 7.53. The molecule has 2 aromatic heterocycles. The number of hydrogen-bond donors (Lipinski definition) is 1. The zero-order valence-corrected chi connectivity index (χ0v) is 14.7. The third-order valence-corrected chi connectivity index (χ3v) is 4.74. The van der Waals surface area contributed by atoms with E-state index in [0.717, 1.165) is 42.7 Å². The average molecular weight is 364 g/mol. The van der Waals surface area contributed by atoms with Crippen molar-refractivity contribution in [3.63, 3.8) is 0 Å². The third kappa shape index (κ3) is 3.28. The summed E-state index contributed by atoms with van der Waals surface area (Å²) in [6.07, 6.45) is 3.75. The van der Waals surface area contributed by atoms with Crippen molar-refractivity contribution in [2.45, 2.75) is 12.6 Å². The number of nitrogens with one attached hydrogen (secondary N) is 1. The van der Waals surface area contributed by atoms with Crippen LogP contribution in [-0.4, -0.2) is 29.5 Å². The van der Waals surface area contributed by atoms with Gasteiger partial charge in [0, 0.05) is 55.6 Å². The molecule has 1 aliphatic rings. The Balaban J connectivity index is 0.00000169. The number of pyridine rings is 1. The molecule has 6 heteroatoms. The van der Waals surface area contributed by atoms with E-state index in [9.17, 15) is 0 Å². The van der Waals surface area contributed by atoms with Crippen molar-refractivity contribution < 1.29 is 4.42 Å². The quantitative estimate of drug-likeness (QED) is 0.761. The molecule has 0 spiro atoms. The molecule has 0 amide bonds. The number of fused-ring (bicyclic) bond motifs is 1. The number of benzene rings is 1. The first-order chi connectivity index (χ1) is 11.3. The average Bonchev–Trinajstić information content (AvgIpc) is 2.92. The Bertz CT molecular complexity index is 806. The molecule has 1 fully saturated rings. The predicted molar refractivity (Wildman–Crippen MR) is 98.7 cm³/mol. The topological polar surface area (TPSA) is 41.3 Å². The molecule has 1 atom stereocenters. The molecule has 126 valence electrons. The lowest BCUT2D eigenvalue weighted by atomic mass is 10.0. The molecule has 0 radical (unpaired) electrons. The van der Waals surface area contributed by atoms with Crippen LogP contribution < -0.4 is 5.32 Å². The smallest absolute Gasteiger partial charge is 0.199 e. The summed E-state index contributed by atoms with van der Waals surface area (Å²) in [5.74, 6) is 0. The first-order valence-electron chi connectivity index (χ1n) is 7.83. The Morgan fingerprint density at radius 2 is 2.12 bits per heavy atom. The standard InChI is InChI=1S/C18H18ClN3O.ClH/c19-18-15(14-5-1-2-6-17(14)23-18)12-22-9-8-21-11-16(22)13-4-3-7-20-10-13;/h1-7,10,16,21H,8-9,11-12H2;1H. The van der Waals surface area contributed by atoms with Gasteiger partial charge in [0.25, 0.3) is 0 Å². The monoisotopic (exact) mass is 363 g/mol. The van der Waals surface area contributed by atoms with Crippen molar-refractivity contribution in [2.24, 2.45) is 0 Å². The number of aromatic nitrogens is 1. The van der Waals surface area contributed by atoms with Crippen LogP contribution in [0.2, 0.25) is 5.22 Å². The van der Waals surface area contributed by atoms with Gasteiger partial charge in [-0.1, -0.05) is 24.3 Å². The fraction of sp³-hybridized carbons (Fsp3) is 0.278. The molecule has 3 aromatic rings. The molecule has 0 saturated carbocycles. The lowest BCUT2D eigenvalue weighted by molar-refractivity contribution is 0.153. The molecule has 1 N–H and O–H groups in total. The molecular weight excluding hydrogens is 345 g/mol. The maximum absolute atomic E-state index is 6.36. The summed E-state index contributed by atoms with van der Waals surface area (Å²) in [5.41, 5.74) is 3.14. The Labute approximate surface area is 152 Å². The molecule has 24 heavy (non-hydrogen) atoms. The number of rotatable bonds is 3. The van der Waals surface area contributed by atoms with Gasteiger partial charge in [0.15, 0.2) is 5.22 Å². The van der Waals surface area contributed by atoms with E-state index in [2.05, 4.69) is 27.3 Å². The van der Waals surface area contributed by atoms with Crippen molar-refractivity contribution in [3.8, 4) is 0 Å². The third-order valence-electron chi connectivity index (χ3n) is 4.43. The van der Waals surface area contributed by atoms with Crippen LogP contribution in [0.5, 0.6) is 0 Å². The second-order valence-corrected chi connectivity index (χ2v) is 6.17. The van der Waals surface area contributed by atoms with E-state index in [0.29, 0.717) is 11.3 Å². The van der Waals surface area contributed by atoms with Gasteiger partial charge in [-0.25, -0.2) is 0 Å². The van der Waals surface area contributed by atoms with Crippen LogP contribution in [-0.2, 0) is 6.54 Å². The fourth-order valence-corrected chi connectivity index (χ4v) is 3.50. The number of nitrogens with zero attached hydrogens (tertiary/aromatic N) is 2. The van der Waals surface area contributed by atoms with Crippen LogP contribution in [0.15, 0.2) is 53.2 Å². The molecule has 1 aliphatic heterocycles. The highest BCUT2D eigenvalue weighted by Gasteiger charge is 2.26. The van der Waals surface area contributed by atoms with Gasteiger partial charge in [0.2, 0.25) is 0 Å². The summed E-state index contributed by atoms with van der Waals surface area (Å²) < 4.78 is 5.69. The first-order valence-corrected chi connectivity index (χ1v) is 8.21. The summed E-state index contributed by atoms with van der Waals surface area (Å²) in [4.78, 5) is 6.70. The van der Waals surface area contributed by atoms with E-state index < -0.39 is 0 Å². The summed E-state index contributed by atoms with van der Waals surface area (Å²) in [7, 11) is 0. The number of hydrogen-bond acceptors (Lipinski definition) is 4.